The number of rotatable bonds is 6. The number of carboxylic acid groups (broad SMARTS) is 1. The molecule has 0 bridgehead atoms. The summed E-state index contributed by atoms with van der Waals surface area (Å²) in [6, 6.07) is 0. The van der Waals surface area contributed by atoms with E-state index in [-0.39, 0.29) is 50.0 Å². The maximum atomic E-state index is 13.1. The molecule has 1 atom stereocenters. The number of aliphatic carboxylic acids is 1. The van der Waals surface area contributed by atoms with Gasteiger partial charge in [0.05, 0.1) is 11.7 Å². The van der Waals surface area contributed by atoms with Gasteiger partial charge in [-0.2, -0.15) is 0 Å². The number of amidine groups is 1. The number of nitrogens with two attached hydrogens (primary N) is 1. The number of carboxylic acids is 1. The van der Waals surface area contributed by atoms with Crippen molar-refractivity contribution in [1.29, 1.82) is 5.41 Å². The summed E-state index contributed by atoms with van der Waals surface area (Å²) in [5.41, 5.74) is 4.03. The molecule has 0 heterocycles. The number of halogens is 3. The standard InChI is InChI=1S/C10H18FN3O2.2ClH/c1-7(12)14-6-4-8(11)3-5-10(2,13)9(15)16;;/h4H,3,5-6,13H2,1-2H3,(H2,12,14)(H,15,16);2*1H/b8-4+;;/t10-;;/m1../s1. The van der Waals surface area contributed by atoms with E-state index >= 15 is 0 Å². The molecule has 108 valence electrons. The first-order chi connectivity index (χ1) is 7.25. The number of carbonyl (C=O) groups is 1. The first kappa shape index (κ1) is 22.3. The van der Waals surface area contributed by atoms with Crippen LogP contribution in [-0.2, 0) is 4.79 Å². The zero-order chi connectivity index (χ0) is 12.8. The van der Waals surface area contributed by atoms with Crippen molar-refractivity contribution in [2.75, 3.05) is 6.54 Å². The van der Waals surface area contributed by atoms with Crippen LogP contribution in [0.5, 0.6) is 0 Å². The summed E-state index contributed by atoms with van der Waals surface area (Å²) in [4.78, 5) is 10.6. The van der Waals surface area contributed by atoms with E-state index in [4.69, 9.17) is 16.2 Å². The molecule has 0 spiro atoms. The highest BCUT2D eigenvalue weighted by molar-refractivity contribution is 5.85. The molecule has 8 heteroatoms. The van der Waals surface area contributed by atoms with Gasteiger partial charge < -0.3 is 16.2 Å². The van der Waals surface area contributed by atoms with E-state index in [0.29, 0.717) is 0 Å². The summed E-state index contributed by atoms with van der Waals surface area (Å²) in [5, 5.41) is 18.3. The van der Waals surface area contributed by atoms with Gasteiger partial charge in [0.15, 0.2) is 0 Å². The van der Waals surface area contributed by atoms with E-state index in [1.807, 2.05) is 0 Å². The summed E-state index contributed by atoms with van der Waals surface area (Å²) >= 11 is 0. The molecule has 0 unspecified atom stereocenters. The number of hydrogen-bond donors (Lipinski definition) is 4. The van der Waals surface area contributed by atoms with Crippen LogP contribution >= 0.6 is 24.8 Å². The predicted molar refractivity (Wildman–Crippen MR) is 74.6 cm³/mol. The lowest BCUT2D eigenvalue weighted by Gasteiger charge is -2.18. The maximum absolute atomic E-state index is 13.1. The van der Waals surface area contributed by atoms with Gasteiger partial charge >= 0.3 is 5.97 Å². The molecule has 0 aromatic carbocycles. The number of nitrogens with one attached hydrogen (secondary N) is 2. The normalized spacial score (nSPS) is 13.7. The lowest BCUT2D eigenvalue weighted by atomic mass is 9.97. The second-order valence-corrected chi connectivity index (χ2v) is 3.88. The van der Waals surface area contributed by atoms with E-state index in [1.165, 1.54) is 13.0 Å². The van der Waals surface area contributed by atoms with Crippen molar-refractivity contribution in [2.24, 2.45) is 5.73 Å². The molecule has 5 N–H and O–H groups in total. The van der Waals surface area contributed by atoms with Crippen molar-refractivity contribution in [3.8, 4) is 0 Å². The number of hydrogen-bond acceptors (Lipinski definition) is 3. The van der Waals surface area contributed by atoms with Crippen LogP contribution in [0.4, 0.5) is 4.39 Å². The third-order valence-corrected chi connectivity index (χ3v) is 2.06. The third-order valence-electron chi connectivity index (χ3n) is 2.06. The first-order valence-electron chi connectivity index (χ1n) is 4.91. The lowest BCUT2D eigenvalue weighted by Crippen LogP contribution is -2.44. The van der Waals surface area contributed by atoms with Crippen LogP contribution < -0.4 is 11.1 Å². The minimum absolute atomic E-state index is 0. The molecule has 0 aromatic rings. The highest BCUT2D eigenvalue weighted by Gasteiger charge is 2.27. The zero-order valence-corrected chi connectivity index (χ0v) is 12.0. The molecular weight excluding hydrogens is 284 g/mol. The Bertz CT molecular complexity index is 309. The predicted octanol–water partition coefficient (Wildman–Crippen LogP) is 1.85. The van der Waals surface area contributed by atoms with Gasteiger partial charge in [-0.3, -0.25) is 10.2 Å². The maximum Gasteiger partial charge on any atom is 0.323 e. The van der Waals surface area contributed by atoms with Gasteiger partial charge in [0, 0.05) is 13.0 Å². The summed E-state index contributed by atoms with van der Waals surface area (Å²) in [6.07, 6.45) is 1.29. The Balaban J connectivity index is -0.00000112. The van der Waals surface area contributed by atoms with Gasteiger partial charge in [-0.15, -0.1) is 24.8 Å². The van der Waals surface area contributed by atoms with Crippen molar-refractivity contribution >= 4 is 36.6 Å². The van der Waals surface area contributed by atoms with E-state index in [0.717, 1.165) is 0 Å². The molecule has 0 fully saturated rings. The van der Waals surface area contributed by atoms with Crippen molar-refractivity contribution < 1.29 is 14.3 Å². The fourth-order valence-corrected chi connectivity index (χ4v) is 0.903. The topological polar surface area (TPSA) is 99.2 Å². The second-order valence-electron chi connectivity index (χ2n) is 3.88. The van der Waals surface area contributed by atoms with Crippen LogP contribution in [-0.4, -0.2) is 29.0 Å². The highest BCUT2D eigenvalue weighted by atomic mass is 35.5. The fourth-order valence-electron chi connectivity index (χ4n) is 0.903. The van der Waals surface area contributed by atoms with Crippen LogP contribution in [0.2, 0.25) is 0 Å². The van der Waals surface area contributed by atoms with Gasteiger partial charge in [-0.25, -0.2) is 4.39 Å². The zero-order valence-electron chi connectivity index (χ0n) is 10.3. The van der Waals surface area contributed by atoms with Gasteiger partial charge in [0.25, 0.3) is 0 Å². The Labute approximate surface area is 118 Å². The van der Waals surface area contributed by atoms with Gasteiger partial charge in [0.2, 0.25) is 0 Å². The summed E-state index contributed by atoms with van der Waals surface area (Å²) in [6.45, 7) is 3.12. The molecule has 0 aliphatic heterocycles. The molecule has 0 radical (unpaired) electrons. The van der Waals surface area contributed by atoms with Crippen molar-refractivity contribution in [3.05, 3.63) is 11.9 Å². The van der Waals surface area contributed by atoms with Crippen LogP contribution in [0.25, 0.3) is 0 Å². The molecule has 0 aliphatic rings. The fraction of sp³-hybridized carbons (Fsp3) is 0.600. The van der Waals surface area contributed by atoms with Crippen LogP contribution in [0, 0.1) is 5.41 Å². The number of allylic oxidation sites excluding steroid dienone is 1. The van der Waals surface area contributed by atoms with E-state index in [1.54, 1.807) is 6.92 Å². The minimum Gasteiger partial charge on any atom is -0.480 e. The minimum atomic E-state index is -1.41. The Hall–Kier alpha value is -0.850. The first-order valence-corrected chi connectivity index (χ1v) is 4.91. The molecular formula is C10H20Cl2FN3O2. The highest BCUT2D eigenvalue weighted by Crippen LogP contribution is 2.14. The van der Waals surface area contributed by atoms with Crippen molar-refractivity contribution in [3.63, 3.8) is 0 Å². The van der Waals surface area contributed by atoms with Crippen LogP contribution in [0.1, 0.15) is 26.7 Å². The molecule has 0 aliphatic carbocycles. The Morgan fingerprint density at radius 3 is 2.44 bits per heavy atom. The summed E-state index contributed by atoms with van der Waals surface area (Å²) in [5.74, 6) is -1.32. The lowest BCUT2D eigenvalue weighted by molar-refractivity contribution is -0.142. The SMILES string of the molecule is CC(=N)NC/C=C(/F)CC[C@@](C)(N)C(=O)O.Cl.Cl. The van der Waals surface area contributed by atoms with E-state index < -0.39 is 17.3 Å². The smallest absolute Gasteiger partial charge is 0.323 e. The largest absolute Gasteiger partial charge is 0.480 e. The molecule has 5 nitrogen and oxygen atoms in total. The quantitative estimate of drug-likeness (QED) is 0.444. The third kappa shape index (κ3) is 10.3. The van der Waals surface area contributed by atoms with E-state index in [2.05, 4.69) is 5.32 Å². The Kier molecular flexibility index (Phi) is 12.5. The Morgan fingerprint density at radius 2 is 2.06 bits per heavy atom. The second kappa shape index (κ2) is 10.1. The van der Waals surface area contributed by atoms with Crippen LogP contribution in [0.3, 0.4) is 0 Å². The molecule has 0 saturated heterocycles. The molecule has 0 amide bonds. The molecule has 18 heavy (non-hydrogen) atoms. The summed E-state index contributed by atoms with van der Waals surface area (Å²) in [7, 11) is 0. The van der Waals surface area contributed by atoms with Crippen molar-refractivity contribution in [1.82, 2.24) is 5.32 Å². The van der Waals surface area contributed by atoms with Crippen molar-refractivity contribution in [2.45, 2.75) is 32.2 Å². The van der Waals surface area contributed by atoms with E-state index in [9.17, 15) is 9.18 Å². The summed E-state index contributed by atoms with van der Waals surface area (Å²) < 4.78 is 13.1. The van der Waals surface area contributed by atoms with Crippen LogP contribution in [0.15, 0.2) is 11.9 Å². The van der Waals surface area contributed by atoms with Gasteiger partial charge in [-0.1, -0.05) is 0 Å². The Morgan fingerprint density at radius 1 is 1.56 bits per heavy atom. The average Bonchev–Trinajstić information content (AvgIpc) is 2.14. The molecule has 0 saturated carbocycles. The molecule has 0 aromatic heterocycles. The van der Waals surface area contributed by atoms with Gasteiger partial charge in [-0.05, 0) is 26.3 Å². The average molecular weight is 304 g/mol. The molecule has 0 rings (SSSR count). The monoisotopic (exact) mass is 303 g/mol. The van der Waals surface area contributed by atoms with Gasteiger partial charge in [0.1, 0.15) is 5.54 Å².